The van der Waals surface area contributed by atoms with E-state index in [2.05, 4.69) is 6.58 Å². The van der Waals surface area contributed by atoms with E-state index < -0.39 is 17.8 Å². The molecule has 0 fully saturated rings. The van der Waals surface area contributed by atoms with Crippen molar-refractivity contribution in [1.29, 1.82) is 0 Å². The van der Waals surface area contributed by atoms with Crippen molar-refractivity contribution >= 4 is 0 Å². The molecule has 84 valence electrons. The van der Waals surface area contributed by atoms with Crippen molar-refractivity contribution in [3.8, 4) is 0 Å². The van der Waals surface area contributed by atoms with Crippen molar-refractivity contribution in [3.63, 3.8) is 0 Å². The monoisotopic (exact) mass is 204 g/mol. The van der Waals surface area contributed by atoms with Gasteiger partial charge in [-0.1, -0.05) is 6.58 Å². The van der Waals surface area contributed by atoms with Crippen molar-refractivity contribution < 1.29 is 20.4 Å². The van der Waals surface area contributed by atoms with E-state index in [4.69, 9.17) is 10.2 Å². The number of aliphatic hydroxyl groups excluding tert-OH is 3. The maximum atomic E-state index is 9.45. The Morgan fingerprint density at radius 3 is 2.21 bits per heavy atom. The van der Waals surface area contributed by atoms with Gasteiger partial charge in [0.05, 0.1) is 24.4 Å². The molecular formula is C10H20O4. The van der Waals surface area contributed by atoms with Crippen LogP contribution in [0.25, 0.3) is 0 Å². The Kier molecular flexibility index (Phi) is 5.29. The molecule has 0 amide bonds. The van der Waals surface area contributed by atoms with Crippen molar-refractivity contribution in [2.24, 2.45) is 0 Å². The summed E-state index contributed by atoms with van der Waals surface area (Å²) in [6, 6.07) is 0. The zero-order valence-electron chi connectivity index (χ0n) is 8.77. The van der Waals surface area contributed by atoms with Gasteiger partial charge in [-0.25, -0.2) is 0 Å². The minimum absolute atomic E-state index is 0.319. The zero-order valence-corrected chi connectivity index (χ0v) is 8.77. The number of aliphatic hydroxyl groups is 4. The number of rotatable bonds is 6. The van der Waals surface area contributed by atoms with Crippen LogP contribution in [0, 0.1) is 0 Å². The van der Waals surface area contributed by atoms with E-state index in [0.717, 1.165) is 0 Å². The summed E-state index contributed by atoms with van der Waals surface area (Å²) in [6.07, 6.45) is -1.10. The molecule has 14 heavy (non-hydrogen) atoms. The molecule has 0 aliphatic rings. The summed E-state index contributed by atoms with van der Waals surface area (Å²) in [7, 11) is 0. The quantitative estimate of drug-likeness (QED) is 0.452. The standard InChI is InChI=1S/C10H20O4/c1-7(8(12)6-11)4-5-9(13)10(2,3)14/h8-9,11-14H,1,4-6H2,2-3H3/t8-,9-/m1/s1. The van der Waals surface area contributed by atoms with Crippen LogP contribution in [0.2, 0.25) is 0 Å². The third-order valence-corrected chi connectivity index (χ3v) is 2.20. The van der Waals surface area contributed by atoms with E-state index in [-0.39, 0.29) is 6.61 Å². The van der Waals surface area contributed by atoms with Crippen molar-refractivity contribution in [1.82, 2.24) is 0 Å². The lowest BCUT2D eigenvalue weighted by Crippen LogP contribution is -2.36. The number of hydrogen-bond donors (Lipinski definition) is 4. The second-order valence-corrected chi connectivity index (χ2v) is 4.06. The molecule has 0 aromatic heterocycles. The second-order valence-electron chi connectivity index (χ2n) is 4.06. The molecule has 0 saturated carbocycles. The molecule has 0 spiro atoms. The topological polar surface area (TPSA) is 80.9 Å². The molecule has 4 heteroatoms. The first-order valence-electron chi connectivity index (χ1n) is 4.66. The Morgan fingerprint density at radius 1 is 1.36 bits per heavy atom. The van der Waals surface area contributed by atoms with E-state index in [0.29, 0.717) is 18.4 Å². The summed E-state index contributed by atoms with van der Waals surface area (Å²) >= 11 is 0. The van der Waals surface area contributed by atoms with Gasteiger partial charge in [0.25, 0.3) is 0 Å². The predicted molar refractivity (Wildman–Crippen MR) is 53.8 cm³/mol. The van der Waals surface area contributed by atoms with Crippen LogP contribution < -0.4 is 0 Å². The largest absolute Gasteiger partial charge is 0.393 e. The third-order valence-electron chi connectivity index (χ3n) is 2.20. The van der Waals surface area contributed by atoms with Gasteiger partial charge in [0.1, 0.15) is 0 Å². The fourth-order valence-corrected chi connectivity index (χ4v) is 0.971. The fraction of sp³-hybridized carbons (Fsp3) is 0.800. The van der Waals surface area contributed by atoms with Crippen LogP contribution in [0.4, 0.5) is 0 Å². The van der Waals surface area contributed by atoms with Crippen LogP contribution in [0.5, 0.6) is 0 Å². The highest BCUT2D eigenvalue weighted by Gasteiger charge is 2.24. The summed E-state index contributed by atoms with van der Waals surface area (Å²) in [5.41, 5.74) is -0.680. The second kappa shape index (κ2) is 5.46. The van der Waals surface area contributed by atoms with Crippen molar-refractivity contribution in [2.75, 3.05) is 6.61 Å². The zero-order chi connectivity index (χ0) is 11.4. The van der Waals surface area contributed by atoms with Gasteiger partial charge in [-0.3, -0.25) is 0 Å². The average molecular weight is 204 g/mol. The molecule has 0 aliphatic heterocycles. The summed E-state index contributed by atoms with van der Waals surface area (Å²) in [5, 5.41) is 36.6. The van der Waals surface area contributed by atoms with Gasteiger partial charge in [0.2, 0.25) is 0 Å². The summed E-state index contributed by atoms with van der Waals surface area (Å²) in [5.74, 6) is 0. The highest BCUT2D eigenvalue weighted by molar-refractivity contribution is 5.02. The van der Waals surface area contributed by atoms with Gasteiger partial charge in [-0.2, -0.15) is 0 Å². The van der Waals surface area contributed by atoms with Crippen LogP contribution in [0.1, 0.15) is 26.7 Å². The van der Waals surface area contributed by atoms with Crippen LogP contribution >= 0.6 is 0 Å². The first-order chi connectivity index (χ1) is 6.29. The molecule has 0 bridgehead atoms. The van der Waals surface area contributed by atoms with Crippen LogP contribution in [-0.2, 0) is 0 Å². The molecule has 2 atom stereocenters. The Morgan fingerprint density at radius 2 is 1.86 bits per heavy atom. The van der Waals surface area contributed by atoms with Gasteiger partial charge < -0.3 is 20.4 Å². The highest BCUT2D eigenvalue weighted by Crippen LogP contribution is 2.17. The maximum Gasteiger partial charge on any atom is 0.0978 e. The first-order valence-corrected chi connectivity index (χ1v) is 4.66. The van der Waals surface area contributed by atoms with E-state index >= 15 is 0 Å². The van der Waals surface area contributed by atoms with Gasteiger partial charge in [-0.05, 0) is 32.3 Å². The molecule has 0 rings (SSSR count). The molecule has 0 aliphatic carbocycles. The SMILES string of the molecule is C=C(CC[C@@H](O)C(C)(C)O)[C@H](O)CO. The molecule has 4 N–H and O–H groups in total. The Labute approximate surface area is 84.5 Å². The number of hydrogen-bond acceptors (Lipinski definition) is 4. The van der Waals surface area contributed by atoms with Gasteiger partial charge in [0.15, 0.2) is 0 Å². The average Bonchev–Trinajstić information content (AvgIpc) is 2.10. The van der Waals surface area contributed by atoms with Gasteiger partial charge in [-0.15, -0.1) is 0 Å². The molecule has 4 nitrogen and oxygen atoms in total. The third kappa shape index (κ3) is 4.72. The van der Waals surface area contributed by atoms with E-state index in [1.807, 2.05) is 0 Å². The first kappa shape index (κ1) is 13.6. The molecule has 0 aromatic carbocycles. The van der Waals surface area contributed by atoms with Gasteiger partial charge in [0, 0.05) is 0 Å². The van der Waals surface area contributed by atoms with Crippen LogP contribution in [-0.4, -0.2) is 44.8 Å². The summed E-state index contributed by atoms with van der Waals surface area (Å²) in [6.45, 7) is 6.25. The maximum absolute atomic E-state index is 9.45. The van der Waals surface area contributed by atoms with Crippen molar-refractivity contribution in [3.05, 3.63) is 12.2 Å². The van der Waals surface area contributed by atoms with Crippen LogP contribution in [0.3, 0.4) is 0 Å². The Balaban J connectivity index is 3.89. The molecule has 0 aromatic rings. The fourth-order valence-electron chi connectivity index (χ4n) is 0.971. The van der Waals surface area contributed by atoms with E-state index in [9.17, 15) is 10.2 Å². The Hall–Kier alpha value is -0.420. The molecular weight excluding hydrogens is 184 g/mol. The molecule has 0 saturated heterocycles. The van der Waals surface area contributed by atoms with Gasteiger partial charge >= 0.3 is 0 Å². The lowest BCUT2D eigenvalue weighted by atomic mass is 9.95. The smallest absolute Gasteiger partial charge is 0.0978 e. The minimum atomic E-state index is -1.15. The minimum Gasteiger partial charge on any atom is -0.393 e. The van der Waals surface area contributed by atoms with E-state index in [1.165, 1.54) is 13.8 Å². The summed E-state index contributed by atoms with van der Waals surface area (Å²) in [4.78, 5) is 0. The predicted octanol–water partition coefficient (Wildman–Crippen LogP) is -0.192. The lowest BCUT2D eigenvalue weighted by Gasteiger charge is -2.25. The van der Waals surface area contributed by atoms with Crippen molar-refractivity contribution in [2.45, 2.75) is 44.5 Å². The lowest BCUT2D eigenvalue weighted by molar-refractivity contribution is -0.0515. The molecule has 0 heterocycles. The molecule has 0 radical (unpaired) electrons. The Bertz CT molecular complexity index is 183. The van der Waals surface area contributed by atoms with Crippen LogP contribution in [0.15, 0.2) is 12.2 Å². The van der Waals surface area contributed by atoms with E-state index in [1.54, 1.807) is 0 Å². The summed E-state index contributed by atoms with van der Waals surface area (Å²) < 4.78 is 0. The normalized spacial score (nSPS) is 16.4. The highest BCUT2D eigenvalue weighted by atomic mass is 16.3. The molecule has 0 unspecified atom stereocenters.